The van der Waals surface area contributed by atoms with E-state index in [0.29, 0.717) is 0 Å². The number of halogens is 1. The zero-order valence-corrected chi connectivity index (χ0v) is 12.3. The summed E-state index contributed by atoms with van der Waals surface area (Å²) in [5, 5.41) is 0. The van der Waals surface area contributed by atoms with E-state index < -0.39 is 0 Å². The first-order chi connectivity index (χ1) is 9.24. The molecular formula is C16H17BrN2. The molecule has 1 unspecified atom stereocenters. The number of aromatic nitrogens is 1. The predicted molar refractivity (Wildman–Crippen MR) is 81.0 cm³/mol. The molecule has 1 fully saturated rings. The molecular weight excluding hydrogens is 300 g/mol. The lowest BCUT2D eigenvalue weighted by Crippen LogP contribution is -2.13. The van der Waals surface area contributed by atoms with Crippen molar-refractivity contribution in [2.24, 2.45) is 5.73 Å². The van der Waals surface area contributed by atoms with Gasteiger partial charge in [0.05, 0.1) is 6.04 Å². The molecule has 1 aromatic heterocycles. The maximum atomic E-state index is 6.30. The van der Waals surface area contributed by atoms with Crippen molar-refractivity contribution in [2.45, 2.75) is 31.2 Å². The minimum atomic E-state index is -0.111. The number of hydrogen-bond acceptors (Lipinski definition) is 2. The molecule has 2 nitrogen and oxygen atoms in total. The normalized spacial score (nSPS) is 16.9. The highest BCUT2D eigenvalue weighted by Crippen LogP contribution is 2.36. The van der Waals surface area contributed by atoms with Gasteiger partial charge in [-0.3, -0.25) is 4.98 Å². The summed E-state index contributed by atoms with van der Waals surface area (Å²) in [6, 6.07) is 10.7. The zero-order valence-electron chi connectivity index (χ0n) is 10.7. The highest BCUT2D eigenvalue weighted by atomic mass is 79.9. The second-order valence-corrected chi connectivity index (χ2v) is 6.12. The minimum absolute atomic E-state index is 0.111. The van der Waals surface area contributed by atoms with Gasteiger partial charge < -0.3 is 5.73 Å². The molecule has 2 aromatic rings. The molecule has 0 spiro atoms. The number of nitrogens with two attached hydrogens (primary N) is 1. The molecule has 1 saturated carbocycles. The molecule has 0 bridgehead atoms. The highest BCUT2D eigenvalue weighted by molar-refractivity contribution is 9.10. The van der Waals surface area contributed by atoms with Crippen LogP contribution in [0.1, 0.15) is 47.9 Å². The standard InChI is InChI=1S/C16H17BrN2/c17-15-8-14(9-19-10-15)16(18)13-6-4-12(5-7-13)11-2-1-3-11/h4-11,16H,1-3,18H2. The Morgan fingerprint density at radius 2 is 1.84 bits per heavy atom. The van der Waals surface area contributed by atoms with Gasteiger partial charge in [-0.25, -0.2) is 0 Å². The van der Waals surface area contributed by atoms with Gasteiger partial charge in [-0.2, -0.15) is 0 Å². The maximum Gasteiger partial charge on any atom is 0.0567 e. The third kappa shape index (κ3) is 2.72. The molecule has 0 saturated heterocycles. The van der Waals surface area contributed by atoms with Crippen LogP contribution in [0, 0.1) is 0 Å². The molecule has 3 rings (SSSR count). The molecule has 3 heteroatoms. The molecule has 0 aliphatic heterocycles. The summed E-state index contributed by atoms with van der Waals surface area (Å²) in [5.41, 5.74) is 9.93. The SMILES string of the molecule is NC(c1ccc(C2CCC2)cc1)c1cncc(Br)c1. The molecule has 19 heavy (non-hydrogen) atoms. The number of benzene rings is 1. The molecule has 1 heterocycles. The van der Waals surface area contributed by atoms with E-state index in [1.165, 1.54) is 24.8 Å². The molecule has 0 amide bonds. The lowest BCUT2D eigenvalue weighted by molar-refractivity contribution is 0.419. The Morgan fingerprint density at radius 1 is 1.11 bits per heavy atom. The molecule has 98 valence electrons. The summed E-state index contributed by atoms with van der Waals surface area (Å²) in [6.07, 6.45) is 7.64. The van der Waals surface area contributed by atoms with Gasteiger partial charge in [-0.1, -0.05) is 30.7 Å². The molecule has 1 aromatic carbocycles. The Bertz CT molecular complexity index is 561. The number of hydrogen-bond donors (Lipinski definition) is 1. The van der Waals surface area contributed by atoms with E-state index in [1.54, 1.807) is 6.20 Å². The van der Waals surface area contributed by atoms with Crippen LogP contribution >= 0.6 is 15.9 Å². The van der Waals surface area contributed by atoms with E-state index in [2.05, 4.69) is 45.2 Å². The van der Waals surface area contributed by atoms with Crippen LogP contribution in [-0.4, -0.2) is 4.98 Å². The van der Waals surface area contributed by atoms with Gasteiger partial charge in [0.2, 0.25) is 0 Å². The van der Waals surface area contributed by atoms with Crippen LogP contribution in [0.4, 0.5) is 0 Å². The fourth-order valence-electron chi connectivity index (χ4n) is 2.51. The van der Waals surface area contributed by atoms with E-state index in [1.807, 2.05) is 12.3 Å². The van der Waals surface area contributed by atoms with Gasteiger partial charge in [0.15, 0.2) is 0 Å². The van der Waals surface area contributed by atoms with Crippen molar-refractivity contribution in [2.75, 3.05) is 0 Å². The summed E-state index contributed by atoms with van der Waals surface area (Å²) in [4.78, 5) is 4.17. The Labute approximate surface area is 122 Å². The average molecular weight is 317 g/mol. The lowest BCUT2D eigenvalue weighted by Gasteiger charge is -2.26. The molecule has 0 radical (unpaired) electrons. The van der Waals surface area contributed by atoms with Crippen molar-refractivity contribution in [3.63, 3.8) is 0 Å². The molecule has 1 aliphatic carbocycles. The third-order valence-corrected chi connectivity index (χ3v) is 4.39. The van der Waals surface area contributed by atoms with E-state index in [4.69, 9.17) is 5.73 Å². The van der Waals surface area contributed by atoms with Crippen molar-refractivity contribution in [1.82, 2.24) is 4.98 Å². The van der Waals surface area contributed by atoms with Crippen LogP contribution in [0.3, 0.4) is 0 Å². The number of nitrogens with zero attached hydrogens (tertiary/aromatic N) is 1. The monoisotopic (exact) mass is 316 g/mol. The predicted octanol–water partition coefficient (Wildman–Crippen LogP) is 4.16. The van der Waals surface area contributed by atoms with Crippen LogP contribution < -0.4 is 5.73 Å². The van der Waals surface area contributed by atoms with Crippen molar-refractivity contribution < 1.29 is 0 Å². The van der Waals surface area contributed by atoms with Crippen LogP contribution in [-0.2, 0) is 0 Å². The van der Waals surface area contributed by atoms with Gasteiger partial charge in [0.1, 0.15) is 0 Å². The second kappa shape index (κ2) is 5.43. The molecule has 2 N–H and O–H groups in total. The van der Waals surface area contributed by atoms with Gasteiger partial charge in [0.25, 0.3) is 0 Å². The van der Waals surface area contributed by atoms with Crippen LogP contribution in [0.15, 0.2) is 47.2 Å². The van der Waals surface area contributed by atoms with E-state index in [9.17, 15) is 0 Å². The van der Waals surface area contributed by atoms with Gasteiger partial charge in [0, 0.05) is 16.9 Å². The Kier molecular flexibility index (Phi) is 3.67. The lowest BCUT2D eigenvalue weighted by atomic mass is 9.80. The number of rotatable bonds is 3. The fraction of sp³-hybridized carbons (Fsp3) is 0.312. The molecule has 1 aliphatic rings. The quantitative estimate of drug-likeness (QED) is 0.923. The summed E-state index contributed by atoms with van der Waals surface area (Å²) in [5.74, 6) is 0.776. The largest absolute Gasteiger partial charge is 0.320 e. The zero-order chi connectivity index (χ0) is 13.2. The van der Waals surface area contributed by atoms with Crippen LogP contribution in [0.5, 0.6) is 0 Å². The first-order valence-electron chi connectivity index (χ1n) is 6.70. The van der Waals surface area contributed by atoms with Crippen molar-refractivity contribution in [3.8, 4) is 0 Å². The van der Waals surface area contributed by atoms with Gasteiger partial charge in [-0.15, -0.1) is 0 Å². The van der Waals surface area contributed by atoms with Gasteiger partial charge >= 0.3 is 0 Å². The summed E-state index contributed by atoms with van der Waals surface area (Å²) < 4.78 is 0.964. The summed E-state index contributed by atoms with van der Waals surface area (Å²) >= 11 is 3.43. The highest BCUT2D eigenvalue weighted by Gasteiger charge is 2.19. The van der Waals surface area contributed by atoms with Crippen molar-refractivity contribution in [1.29, 1.82) is 0 Å². The summed E-state index contributed by atoms with van der Waals surface area (Å²) in [7, 11) is 0. The first kappa shape index (κ1) is 12.8. The molecule has 1 atom stereocenters. The second-order valence-electron chi connectivity index (χ2n) is 5.21. The van der Waals surface area contributed by atoms with Crippen molar-refractivity contribution >= 4 is 15.9 Å². The van der Waals surface area contributed by atoms with E-state index in [0.717, 1.165) is 21.5 Å². The topological polar surface area (TPSA) is 38.9 Å². The van der Waals surface area contributed by atoms with E-state index in [-0.39, 0.29) is 6.04 Å². The maximum absolute atomic E-state index is 6.30. The number of pyridine rings is 1. The van der Waals surface area contributed by atoms with Gasteiger partial charge in [-0.05, 0) is 57.4 Å². The Morgan fingerprint density at radius 3 is 2.42 bits per heavy atom. The minimum Gasteiger partial charge on any atom is -0.320 e. The first-order valence-corrected chi connectivity index (χ1v) is 7.49. The smallest absolute Gasteiger partial charge is 0.0567 e. The Hall–Kier alpha value is -1.19. The van der Waals surface area contributed by atoms with Crippen molar-refractivity contribution in [3.05, 3.63) is 63.9 Å². The third-order valence-electron chi connectivity index (χ3n) is 3.96. The summed E-state index contributed by atoms with van der Waals surface area (Å²) in [6.45, 7) is 0. The average Bonchev–Trinajstić information content (AvgIpc) is 2.37. The van der Waals surface area contributed by atoms with E-state index >= 15 is 0 Å². The van der Waals surface area contributed by atoms with Crippen LogP contribution in [0.25, 0.3) is 0 Å². The Balaban J connectivity index is 1.81. The van der Waals surface area contributed by atoms with Crippen LogP contribution in [0.2, 0.25) is 0 Å². The fourth-order valence-corrected chi connectivity index (χ4v) is 2.89.